The highest BCUT2D eigenvalue weighted by atomic mass is 15.3. The number of rotatable bonds is 0. The molecule has 16 heavy (non-hydrogen) atoms. The largest absolute Gasteiger partial charge is 0.354 e. The van der Waals surface area contributed by atoms with E-state index in [1.54, 1.807) is 0 Å². The van der Waals surface area contributed by atoms with E-state index in [-0.39, 0.29) is 0 Å². The van der Waals surface area contributed by atoms with Gasteiger partial charge in [0.05, 0.1) is 17.2 Å². The van der Waals surface area contributed by atoms with E-state index < -0.39 is 0 Å². The monoisotopic (exact) mass is 210 g/mol. The summed E-state index contributed by atoms with van der Waals surface area (Å²) >= 11 is 0. The molecule has 4 heteroatoms. The number of imidazole rings is 1. The minimum Gasteiger partial charge on any atom is -0.354 e. The van der Waals surface area contributed by atoms with Crippen molar-refractivity contribution in [3.63, 3.8) is 0 Å². The molecule has 0 radical (unpaired) electrons. The number of nitrogens with zero attached hydrogens (tertiary/aromatic N) is 3. The number of anilines is 1. The summed E-state index contributed by atoms with van der Waals surface area (Å²) in [5, 5.41) is 4.46. The normalized spacial score (nSPS) is 14.2. The van der Waals surface area contributed by atoms with Crippen molar-refractivity contribution in [2.24, 2.45) is 0 Å². The maximum absolute atomic E-state index is 4.53. The summed E-state index contributed by atoms with van der Waals surface area (Å²) in [5.41, 5.74) is 3.20. The van der Waals surface area contributed by atoms with Crippen LogP contribution in [0.1, 0.15) is 0 Å². The molecule has 1 aromatic carbocycles. The third-order valence-corrected chi connectivity index (χ3v) is 3.10. The van der Waals surface area contributed by atoms with Gasteiger partial charge in [-0.05, 0) is 6.07 Å². The third-order valence-electron chi connectivity index (χ3n) is 3.10. The molecule has 0 atom stereocenters. The van der Waals surface area contributed by atoms with Crippen molar-refractivity contribution in [2.45, 2.75) is 6.54 Å². The number of hydrogen-bond donors (Lipinski definition) is 1. The Morgan fingerprint density at radius 3 is 3.12 bits per heavy atom. The molecule has 3 heterocycles. The second kappa shape index (κ2) is 2.72. The van der Waals surface area contributed by atoms with Gasteiger partial charge in [-0.2, -0.15) is 0 Å². The van der Waals surface area contributed by atoms with Crippen LogP contribution < -0.4 is 5.32 Å². The average Bonchev–Trinajstić information content (AvgIpc) is 2.88. The van der Waals surface area contributed by atoms with Gasteiger partial charge in [0.2, 0.25) is 5.95 Å². The topological polar surface area (TPSA) is 42.7 Å². The van der Waals surface area contributed by atoms with Crippen LogP contribution in [0.4, 0.5) is 5.95 Å². The summed E-state index contributed by atoms with van der Waals surface area (Å²) in [6.07, 6.45) is 1.85. The fraction of sp³-hybridized carbons (Fsp3) is 0.167. The standard InChI is InChI=1S/C12H10N4/c1-2-4-9-8(3-1)11-10(7-14-9)15-12-13-5-6-16(11)12/h1-4,7H,5-6H2,(H,13,15). The fourth-order valence-electron chi connectivity index (χ4n) is 2.39. The molecule has 2 aromatic heterocycles. The minimum atomic E-state index is 0.966. The number of para-hydroxylation sites is 1. The summed E-state index contributed by atoms with van der Waals surface area (Å²) in [6, 6.07) is 8.21. The van der Waals surface area contributed by atoms with Gasteiger partial charge in [-0.15, -0.1) is 0 Å². The number of fused-ring (bicyclic) bond motifs is 5. The quantitative estimate of drug-likeness (QED) is 0.617. The highest BCUT2D eigenvalue weighted by Crippen LogP contribution is 2.28. The Bertz CT molecular complexity index is 699. The van der Waals surface area contributed by atoms with Crippen LogP contribution in [0, 0.1) is 0 Å². The molecule has 4 nitrogen and oxygen atoms in total. The van der Waals surface area contributed by atoms with E-state index in [0.29, 0.717) is 0 Å². The van der Waals surface area contributed by atoms with Gasteiger partial charge < -0.3 is 9.88 Å². The lowest BCUT2D eigenvalue weighted by molar-refractivity contribution is 0.839. The van der Waals surface area contributed by atoms with Crippen molar-refractivity contribution in [1.82, 2.24) is 14.5 Å². The van der Waals surface area contributed by atoms with E-state index in [1.165, 1.54) is 10.9 Å². The SMILES string of the molecule is c1ccc2c(c1)ncc1nc3n(c12)CCN3. The molecule has 0 fully saturated rings. The smallest absolute Gasteiger partial charge is 0.204 e. The molecule has 0 saturated heterocycles. The average molecular weight is 210 g/mol. The van der Waals surface area contributed by atoms with Crippen molar-refractivity contribution >= 4 is 27.9 Å². The Hall–Kier alpha value is -2.10. The fourth-order valence-corrected chi connectivity index (χ4v) is 2.39. The molecule has 0 saturated carbocycles. The van der Waals surface area contributed by atoms with Crippen LogP contribution in [0.2, 0.25) is 0 Å². The van der Waals surface area contributed by atoms with E-state index in [0.717, 1.165) is 30.1 Å². The van der Waals surface area contributed by atoms with Gasteiger partial charge >= 0.3 is 0 Å². The molecule has 1 aliphatic heterocycles. The number of benzene rings is 1. The van der Waals surface area contributed by atoms with Crippen molar-refractivity contribution in [1.29, 1.82) is 0 Å². The van der Waals surface area contributed by atoms with E-state index >= 15 is 0 Å². The number of pyridine rings is 1. The molecule has 1 N–H and O–H groups in total. The molecule has 3 aromatic rings. The summed E-state index contributed by atoms with van der Waals surface area (Å²) in [4.78, 5) is 8.95. The van der Waals surface area contributed by atoms with Gasteiger partial charge in [0.25, 0.3) is 0 Å². The van der Waals surface area contributed by atoms with Gasteiger partial charge in [0.1, 0.15) is 5.52 Å². The Labute approximate surface area is 91.9 Å². The van der Waals surface area contributed by atoms with E-state index in [2.05, 4.69) is 25.9 Å². The minimum absolute atomic E-state index is 0.966. The summed E-state index contributed by atoms with van der Waals surface area (Å²) in [5.74, 6) is 0.966. The van der Waals surface area contributed by atoms with Crippen LogP contribution in [0.15, 0.2) is 30.5 Å². The van der Waals surface area contributed by atoms with Crippen molar-refractivity contribution < 1.29 is 0 Å². The Kier molecular flexibility index (Phi) is 1.38. The van der Waals surface area contributed by atoms with Gasteiger partial charge in [-0.3, -0.25) is 4.98 Å². The van der Waals surface area contributed by atoms with Gasteiger partial charge in [-0.1, -0.05) is 18.2 Å². The first-order valence-electron chi connectivity index (χ1n) is 5.41. The summed E-state index contributed by atoms with van der Waals surface area (Å²) in [7, 11) is 0. The maximum atomic E-state index is 4.53. The Balaban J connectivity index is 2.27. The van der Waals surface area contributed by atoms with Crippen LogP contribution in [0.25, 0.3) is 21.9 Å². The van der Waals surface area contributed by atoms with Gasteiger partial charge in [-0.25, -0.2) is 4.98 Å². The first-order valence-corrected chi connectivity index (χ1v) is 5.41. The molecule has 78 valence electrons. The zero-order valence-corrected chi connectivity index (χ0v) is 8.64. The molecule has 4 rings (SSSR count). The lowest BCUT2D eigenvalue weighted by atomic mass is 10.2. The number of nitrogens with one attached hydrogen (secondary N) is 1. The predicted molar refractivity (Wildman–Crippen MR) is 63.5 cm³/mol. The lowest BCUT2D eigenvalue weighted by Crippen LogP contribution is -1.95. The Morgan fingerprint density at radius 1 is 1.19 bits per heavy atom. The van der Waals surface area contributed by atoms with Crippen LogP contribution in [0.3, 0.4) is 0 Å². The highest BCUT2D eigenvalue weighted by molar-refractivity contribution is 6.03. The van der Waals surface area contributed by atoms with Crippen molar-refractivity contribution in [3.05, 3.63) is 30.5 Å². The molecule has 0 bridgehead atoms. The summed E-state index contributed by atoms with van der Waals surface area (Å²) < 4.78 is 2.24. The van der Waals surface area contributed by atoms with Crippen molar-refractivity contribution in [2.75, 3.05) is 11.9 Å². The zero-order chi connectivity index (χ0) is 10.5. The molecule has 1 aliphatic rings. The van der Waals surface area contributed by atoms with Crippen LogP contribution in [0.5, 0.6) is 0 Å². The van der Waals surface area contributed by atoms with Gasteiger partial charge in [0.15, 0.2) is 0 Å². The third kappa shape index (κ3) is 0.888. The van der Waals surface area contributed by atoms with Crippen LogP contribution in [-0.2, 0) is 6.54 Å². The molecule has 0 spiro atoms. The van der Waals surface area contributed by atoms with E-state index in [4.69, 9.17) is 0 Å². The first-order chi connectivity index (χ1) is 7.93. The number of aromatic nitrogens is 3. The van der Waals surface area contributed by atoms with Crippen molar-refractivity contribution in [3.8, 4) is 0 Å². The number of hydrogen-bond acceptors (Lipinski definition) is 3. The molecular weight excluding hydrogens is 200 g/mol. The molecule has 0 amide bonds. The lowest BCUT2D eigenvalue weighted by Gasteiger charge is -2.01. The van der Waals surface area contributed by atoms with Crippen LogP contribution in [-0.4, -0.2) is 21.1 Å². The predicted octanol–water partition coefficient (Wildman–Crippen LogP) is 2.01. The van der Waals surface area contributed by atoms with E-state index in [1.807, 2.05) is 24.4 Å². The second-order valence-electron chi connectivity index (χ2n) is 4.02. The second-order valence-corrected chi connectivity index (χ2v) is 4.02. The van der Waals surface area contributed by atoms with Crippen LogP contribution >= 0.6 is 0 Å². The molecule has 0 aliphatic carbocycles. The summed E-state index contributed by atoms with van der Waals surface area (Å²) in [6.45, 7) is 1.95. The van der Waals surface area contributed by atoms with E-state index in [9.17, 15) is 0 Å². The van der Waals surface area contributed by atoms with Gasteiger partial charge in [0, 0.05) is 18.5 Å². The maximum Gasteiger partial charge on any atom is 0.204 e. The zero-order valence-electron chi connectivity index (χ0n) is 8.64. The molecule has 0 unspecified atom stereocenters. The highest BCUT2D eigenvalue weighted by Gasteiger charge is 2.17. The first kappa shape index (κ1) is 8.10. The Morgan fingerprint density at radius 2 is 2.12 bits per heavy atom. The molecular formula is C12H10N4.